The predicted octanol–water partition coefficient (Wildman–Crippen LogP) is 9.77. The fourth-order valence-corrected chi connectivity index (χ4v) is 13.8. The minimum absolute atomic E-state index is 0.222. The maximum atomic E-state index is 7.19. The third-order valence-electron chi connectivity index (χ3n) is 9.92. The van der Waals surface area contributed by atoms with E-state index in [-0.39, 0.29) is 6.10 Å². The molecule has 1 unspecified atom stereocenters. The van der Waals surface area contributed by atoms with Crippen molar-refractivity contribution in [3.8, 4) is 0 Å². The average Bonchev–Trinajstić information content (AvgIpc) is 3.07. The molecular weight excluding hydrogens is 404 g/mol. The minimum atomic E-state index is -1.88. The van der Waals surface area contributed by atoms with Crippen LogP contribution in [0.5, 0.6) is 0 Å². The van der Waals surface area contributed by atoms with Gasteiger partial charge in [-0.2, -0.15) is 0 Å². The molecule has 0 amide bonds. The van der Waals surface area contributed by atoms with Crippen molar-refractivity contribution in [2.24, 2.45) is 17.3 Å². The first kappa shape index (κ1) is 26.0. The number of hydrogen-bond acceptors (Lipinski definition) is 1. The summed E-state index contributed by atoms with van der Waals surface area (Å²) in [6.07, 6.45) is 17.0. The average molecular weight is 457 g/mol. The summed E-state index contributed by atoms with van der Waals surface area (Å²) in [5.74, 6) is 1.73. The van der Waals surface area contributed by atoms with Crippen molar-refractivity contribution in [2.75, 3.05) is 0 Å². The Kier molecular flexibility index (Phi) is 8.41. The lowest BCUT2D eigenvalue weighted by molar-refractivity contribution is 0.133. The SMILES string of the molecule is C=C1/C(=C\C=C2/CCC[C@]3(C)[C@@H](CC)CC[C@@H]23)CCCC1O[Si](C(C)C)(C(C)C)C(C)C. The Bertz CT molecular complexity index is 705. The van der Waals surface area contributed by atoms with Crippen LogP contribution >= 0.6 is 0 Å². The van der Waals surface area contributed by atoms with E-state index in [1.807, 2.05) is 0 Å². The van der Waals surface area contributed by atoms with Crippen LogP contribution in [-0.4, -0.2) is 14.4 Å². The highest BCUT2D eigenvalue weighted by Crippen LogP contribution is 2.58. The molecular formula is C30H52OSi. The Balaban J connectivity index is 1.80. The first-order valence-electron chi connectivity index (χ1n) is 13.8. The van der Waals surface area contributed by atoms with Gasteiger partial charge in [0.25, 0.3) is 0 Å². The summed E-state index contributed by atoms with van der Waals surface area (Å²) in [5.41, 5.74) is 6.90. The molecule has 3 aliphatic carbocycles. The quantitative estimate of drug-likeness (QED) is 0.346. The molecule has 0 saturated heterocycles. The maximum Gasteiger partial charge on any atom is 0.201 e. The molecule has 32 heavy (non-hydrogen) atoms. The molecule has 0 aromatic rings. The molecule has 3 fully saturated rings. The zero-order chi connectivity index (χ0) is 23.7. The predicted molar refractivity (Wildman–Crippen MR) is 144 cm³/mol. The summed E-state index contributed by atoms with van der Waals surface area (Å²) in [4.78, 5) is 0. The van der Waals surface area contributed by atoms with Gasteiger partial charge < -0.3 is 4.43 Å². The number of allylic oxidation sites excluding steroid dienone is 3. The first-order valence-corrected chi connectivity index (χ1v) is 16.0. The molecule has 182 valence electrons. The van der Waals surface area contributed by atoms with Crippen LogP contribution in [0, 0.1) is 17.3 Å². The standard InChI is InChI=1S/C30H52OSi/c1-10-27-18-19-28-26(14-12-20-30(27,28)9)17-16-25-13-11-15-29(24(25)8)31-32(21(2)3,22(4)5)23(6)7/h16-17,21-23,27-29H,8,10-15,18-20H2,1-7,9H3/b25-16-,26-17+/t27-,28-,29?,30+/m0/s1. The second-order valence-electron chi connectivity index (χ2n) is 12.4. The molecule has 0 bridgehead atoms. The Labute approximate surface area is 201 Å². The molecule has 4 atom stereocenters. The van der Waals surface area contributed by atoms with Crippen LogP contribution in [0.1, 0.15) is 113 Å². The molecule has 1 nitrogen and oxygen atoms in total. The van der Waals surface area contributed by atoms with Gasteiger partial charge in [0.05, 0.1) is 6.10 Å². The van der Waals surface area contributed by atoms with Gasteiger partial charge in [0, 0.05) is 0 Å². The van der Waals surface area contributed by atoms with Crippen molar-refractivity contribution in [1.29, 1.82) is 0 Å². The minimum Gasteiger partial charge on any atom is -0.409 e. The van der Waals surface area contributed by atoms with Crippen LogP contribution in [0.3, 0.4) is 0 Å². The summed E-state index contributed by atoms with van der Waals surface area (Å²) >= 11 is 0. The molecule has 0 aromatic carbocycles. The lowest BCUT2D eigenvalue weighted by Crippen LogP contribution is -2.50. The van der Waals surface area contributed by atoms with E-state index in [4.69, 9.17) is 4.43 Å². The van der Waals surface area contributed by atoms with Crippen LogP contribution in [-0.2, 0) is 4.43 Å². The third-order valence-corrected chi connectivity index (χ3v) is 16.0. The van der Waals surface area contributed by atoms with E-state index < -0.39 is 8.32 Å². The van der Waals surface area contributed by atoms with E-state index in [2.05, 4.69) is 74.1 Å². The molecule has 0 aromatic heterocycles. The molecule has 0 radical (unpaired) electrons. The van der Waals surface area contributed by atoms with Gasteiger partial charge in [-0.25, -0.2) is 0 Å². The fraction of sp³-hybridized carbons (Fsp3) is 0.800. The molecule has 2 heteroatoms. The summed E-state index contributed by atoms with van der Waals surface area (Å²) < 4.78 is 7.19. The molecule has 0 heterocycles. The lowest BCUT2D eigenvalue weighted by Gasteiger charge is -2.46. The van der Waals surface area contributed by atoms with Crippen LogP contribution in [0.25, 0.3) is 0 Å². The molecule has 3 saturated carbocycles. The zero-order valence-electron chi connectivity index (χ0n) is 22.6. The zero-order valence-corrected chi connectivity index (χ0v) is 23.6. The topological polar surface area (TPSA) is 9.23 Å². The van der Waals surface area contributed by atoms with Gasteiger partial charge in [0.2, 0.25) is 8.32 Å². The smallest absolute Gasteiger partial charge is 0.201 e. The number of hydrogen-bond donors (Lipinski definition) is 0. The van der Waals surface area contributed by atoms with Gasteiger partial charge in [0.15, 0.2) is 0 Å². The van der Waals surface area contributed by atoms with Crippen molar-refractivity contribution < 1.29 is 4.43 Å². The van der Waals surface area contributed by atoms with Gasteiger partial charge in [-0.15, -0.1) is 0 Å². The van der Waals surface area contributed by atoms with Gasteiger partial charge >= 0.3 is 0 Å². The number of rotatable bonds is 7. The van der Waals surface area contributed by atoms with Gasteiger partial charge in [0.1, 0.15) is 0 Å². The van der Waals surface area contributed by atoms with Gasteiger partial charge in [-0.1, -0.05) is 86.1 Å². The van der Waals surface area contributed by atoms with Gasteiger partial charge in [-0.05, 0) is 96.4 Å². The summed E-state index contributed by atoms with van der Waals surface area (Å²) in [7, 11) is -1.88. The van der Waals surface area contributed by atoms with Crippen molar-refractivity contribution >= 4 is 8.32 Å². The van der Waals surface area contributed by atoms with Crippen LogP contribution in [0.15, 0.2) is 35.5 Å². The van der Waals surface area contributed by atoms with E-state index in [0.29, 0.717) is 22.0 Å². The van der Waals surface area contributed by atoms with Gasteiger partial charge in [-0.3, -0.25) is 0 Å². The van der Waals surface area contributed by atoms with Crippen LogP contribution < -0.4 is 0 Å². The van der Waals surface area contributed by atoms with E-state index in [9.17, 15) is 0 Å². The second-order valence-corrected chi connectivity index (χ2v) is 17.8. The Morgan fingerprint density at radius 1 is 0.969 bits per heavy atom. The fourth-order valence-electron chi connectivity index (χ4n) is 8.22. The maximum absolute atomic E-state index is 7.19. The number of fused-ring (bicyclic) bond motifs is 1. The third kappa shape index (κ3) is 4.65. The van der Waals surface area contributed by atoms with Crippen molar-refractivity contribution in [2.45, 2.75) is 136 Å². The second kappa shape index (κ2) is 10.3. The van der Waals surface area contributed by atoms with E-state index >= 15 is 0 Å². The van der Waals surface area contributed by atoms with Crippen molar-refractivity contribution in [1.82, 2.24) is 0 Å². The highest BCUT2D eigenvalue weighted by Gasteiger charge is 2.49. The Morgan fingerprint density at radius 3 is 2.22 bits per heavy atom. The summed E-state index contributed by atoms with van der Waals surface area (Å²) in [5, 5.41) is 0. The molecule has 0 aliphatic heterocycles. The lowest BCUT2D eigenvalue weighted by atomic mass is 9.63. The normalized spacial score (nSPS) is 34.3. The van der Waals surface area contributed by atoms with E-state index in [1.165, 1.54) is 62.5 Å². The van der Waals surface area contributed by atoms with Crippen LogP contribution in [0.2, 0.25) is 16.6 Å². The van der Waals surface area contributed by atoms with E-state index in [1.54, 1.807) is 5.57 Å². The summed E-state index contributed by atoms with van der Waals surface area (Å²) in [6, 6.07) is 0. The molecule has 0 spiro atoms. The summed E-state index contributed by atoms with van der Waals surface area (Å²) in [6.45, 7) is 24.0. The molecule has 3 aliphatic rings. The van der Waals surface area contributed by atoms with Crippen molar-refractivity contribution in [3.05, 3.63) is 35.5 Å². The monoisotopic (exact) mass is 456 g/mol. The Hall–Kier alpha value is -0.603. The largest absolute Gasteiger partial charge is 0.409 e. The molecule has 0 N–H and O–H groups in total. The van der Waals surface area contributed by atoms with Crippen LogP contribution in [0.4, 0.5) is 0 Å². The Morgan fingerprint density at radius 2 is 1.62 bits per heavy atom. The van der Waals surface area contributed by atoms with Crippen molar-refractivity contribution in [3.63, 3.8) is 0 Å². The first-order chi connectivity index (χ1) is 15.1. The molecule has 3 rings (SSSR count). The van der Waals surface area contributed by atoms with E-state index in [0.717, 1.165) is 18.3 Å². The highest BCUT2D eigenvalue weighted by atomic mass is 28.4. The highest BCUT2D eigenvalue weighted by molar-refractivity contribution is 6.77.